The number of aliphatic hydroxyl groups is 1. The summed E-state index contributed by atoms with van der Waals surface area (Å²) in [5, 5.41) is 17.5. The van der Waals surface area contributed by atoms with Gasteiger partial charge in [0.05, 0.1) is 11.8 Å². The van der Waals surface area contributed by atoms with Crippen molar-refractivity contribution < 1.29 is 9.90 Å². The first kappa shape index (κ1) is 16.4. The molecule has 0 aliphatic rings. The normalized spacial score (nSPS) is 13.4. The second-order valence-corrected chi connectivity index (χ2v) is 5.93. The van der Waals surface area contributed by atoms with Crippen LogP contribution < -0.4 is 10.6 Å². The van der Waals surface area contributed by atoms with E-state index >= 15 is 0 Å². The Balaban J connectivity index is 1.86. The van der Waals surface area contributed by atoms with Gasteiger partial charge in [0.2, 0.25) is 0 Å². The van der Waals surface area contributed by atoms with Gasteiger partial charge < -0.3 is 10.4 Å². The summed E-state index contributed by atoms with van der Waals surface area (Å²) in [7, 11) is 0. The molecule has 2 heterocycles. The Labute approximate surface area is 133 Å². The van der Waals surface area contributed by atoms with Crippen molar-refractivity contribution in [2.75, 3.05) is 11.9 Å². The van der Waals surface area contributed by atoms with Crippen LogP contribution >= 0.6 is 11.3 Å². The van der Waals surface area contributed by atoms with Gasteiger partial charge in [-0.05, 0) is 18.1 Å². The highest BCUT2D eigenvalue weighted by molar-refractivity contribution is 7.14. The molecule has 118 valence electrons. The Morgan fingerprint density at radius 3 is 3.00 bits per heavy atom. The number of hydrogen-bond acceptors (Lipinski definition) is 5. The van der Waals surface area contributed by atoms with Gasteiger partial charge in [0.25, 0.3) is 0 Å². The largest absolute Gasteiger partial charge is 0.391 e. The lowest BCUT2D eigenvalue weighted by atomic mass is 10.0. The van der Waals surface area contributed by atoms with Gasteiger partial charge in [-0.1, -0.05) is 20.3 Å². The molecule has 2 rings (SSSR count). The summed E-state index contributed by atoms with van der Waals surface area (Å²) >= 11 is 1.34. The number of nitrogens with zero attached hydrogens (tertiary/aromatic N) is 2. The third kappa shape index (κ3) is 4.51. The molecule has 2 amide bonds. The predicted octanol–water partition coefficient (Wildman–Crippen LogP) is 2.73. The number of amides is 2. The summed E-state index contributed by atoms with van der Waals surface area (Å²) in [5.41, 5.74) is 1.67. The van der Waals surface area contributed by atoms with Crippen molar-refractivity contribution in [3.8, 4) is 11.3 Å². The number of anilines is 1. The Hall–Kier alpha value is -1.99. The fraction of sp³-hybridized carbons (Fsp3) is 0.400. The van der Waals surface area contributed by atoms with Crippen LogP contribution in [0.5, 0.6) is 0 Å². The number of carbonyl (C=O) groups is 1. The lowest BCUT2D eigenvalue weighted by molar-refractivity contribution is 0.115. The average molecular weight is 320 g/mol. The van der Waals surface area contributed by atoms with E-state index < -0.39 is 6.10 Å². The van der Waals surface area contributed by atoms with Crippen LogP contribution in [0, 0.1) is 5.92 Å². The molecular weight excluding hydrogens is 300 g/mol. The van der Waals surface area contributed by atoms with Crippen LogP contribution in [-0.2, 0) is 0 Å². The summed E-state index contributed by atoms with van der Waals surface area (Å²) in [6, 6.07) is 3.38. The number of urea groups is 1. The SMILES string of the molecule is CCC(C)C(O)CNC(=O)Nc1nc(-c2cccnc2)cs1. The number of pyridine rings is 1. The van der Waals surface area contributed by atoms with E-state index in [4.69, 9.17) is 0 Å². The van der Waals surface area contributed by atoms with Gasteiger partial charge in [-0.25, -0.2) is 9.78 Å². The number of aliphatic hydroxyl groups excluding tert-OH is 1. The molecule has 0 bridgehead atoms. The van der Waals surface area contributed by atoms with Crippen molar-refractivity contribution in [2.45, 2.75) is 26.4 Å². The quantitative estimate of drug-likeness (QED) is 0.764. The van der Waals surface area contributed by atoms with Crippen LogP contribution in [-0.4, -0.2) is 33.8 Å². The first-order chi connectivity index (χ1) is 10.6. The van der Waals surface area contributed by atoms with Crippen LogP contribution in [0.25, 0.3) is 11.3 Å². The standard InChI is InChI=1S/C15H20N4O2S/c1-3-10(2)13(20)8-17-14(21)19-15-18-12(9-22-15)11-5-4-6-16-7-11/h4-7,9-10,13,20H,3,8H2,1-2H3,(H2,17,18,19,21). The van der Waals surface area contributed by atoms with Crippen LogP contribution in [0.4, 0.5) is 9.93 Å². The summed E-state index contributed by atoms with van der Waals surface area (Å²) in [4.78, 5) is 20.2. The average Bonchev–Trinajstić information content (AvgIpc) is 3.01. The molecule has 0 aromatic carbocycles. The van der Waals surface area contributed by atoms with E-state index in [2.05, 4.69) is 20.6 Å². The fourth-order valence-electron chi connectivity index (χ4n) is 1.79. The smallest absolute Gasteiger partial charge is 0.321 e. The highest BCUT2D eigenvalue weighted by Crippen LogP contribution is 2.23. The maximum atomic E-state index is 11.8. The molecule has 0 saturated carbocycles. The molecule has 0 saturated heterocycles. The minimum absolute atomic E-state index is 0.150. The molecule has 6 nitrogen and oxygen atoms in total. The third-order valence-corrected chi connectivity index (χ3v) is 4.21. The number of hydrogen-bond donors (Lipinski definition) is 3. The molecule has 2 aromatic rings. The molecule has 0 aliphatic heterocycles. The Bertz CT molecular complexity index is 603. The topological polar surface area (TPSA) is 87.1 Å². The second-order valence-electron chi connectivity index (χ2n) is 5.07. The lowest BCUT2D eigenvalue weighted by Gasteiger charge is -2.17. The Kier molecular flexibility index (Phi) is 5.85. The molecule has 22 heavy (non-hydrogen) atoms. The van der Waals surface area contributed by atoms with Crippen LogP contribution in [0.15, 0.2) is 29.9 Å². The molecule has 0 radical (unpaired) electrons. The van der Waals surface area contributed by atoms with E-state index in [9.17, 15) is 9.90 Å². The van der Waals surface area contributed by atoms with Crippen molar-refractivity contribution in [3.05, 3.63) is 29.9 Å². The van der Waals surface area contributed by atoms with Crippen LogP contribution in [0.1, 0.15) is 20.3 Å². The van der Waals surface area contributed by atoms with Gasteiger partial charge in [-0.15, -0.1) is 11.3 Å². The molecule has 3 N–H and O–H groups in total. The van der Waals surface area contributed by atoms with E-state index in [1.54, 1.807) is 12.4 Å². The fourth-order valence-corrected chi connectivity index (χ4v) is 2.50. The van der Waals surface area contributed by atoms with E-state index in [1.807, 2.05) is 31.4 Å². The van der Waals surface area contributed by atoms with E-state index in [-0.39, 0.29) is 18.5 Å². The number of aromatic nitrogens is 2. The van der Waals surface area contributed by atoms with Crippen molar-refractivity contribution >= 4 is 22.5 Å². The molecule has 2 unspecified atom stereocenters. The van der Waals surface area contributed by atoms with Crippen molar-refractivity contribution in [2.24, 2.45) is 5.92 Å². The number of rotatable bonds is 6. The first-order valence-corrected chi connectivity index (χ1v) is 8.07. The molecule has 0 spiro atoms. The summed E-state index contributed by atoms with van der Waals surface area (Å²) < 4.78 is 0. The third-order valence-electron chi connectivity index (χ3n) is 3.45. The molecule has 0 aliphatic carbocycles. The van der Waals surface area contributed by atoms with Crippen LogP contribution in [0.2, 0.25) is 0 Å². The number of thiazole rings is 1. The Morgan fingerprint density at radius 2 is 2.32 bits per heavy atom. The van der Waals surface area contributed by atoms with Crippen LogP contribution in [0.3, 0.4) is 0 Å². The van der Waals surface area contributed by atoms with Crippen molar-refractivity contribution in [1.82, 2.24) is 15.3 Å². The highest BCUT2D eigenvalue weighted by Gasteiger charge is 2.14. The second kappa shape index (κ2) is 7.86. The number of nitrogens with one attached hydrogen (secondary N) is 2. The number of carbonyl (C=O) groups excluding carboxylic acids is 1. The van der Waals surface area contributed by atoms with Gasteiger partial charge in [0.1, 0.15) is 0 Å². The summed E-state index contributed by atoms with van der Waals surface area (Å²) in [5.74, 6) is 0.150. The molecule has 0 fully saturated rings. The minimum Gasteiger partial charge on any atom is -0.391 e. The zero-order chi connectivity index (χ0) is 15.9. The van der Waals surface area contributed by atoms with E-state index in [1.165, 1.54) is 11.3 Å². The minimum atomic E-state index is -0.544. The van der Waals surface area contributed by atoms with Gasteiger partial charge in [0.15, 0.2) is 5.13 Å². The zero-order valence-corrected chi connectivity index (χ0v) is 13.4. The van der Waals surface area contributed by atoms with Crippen molar-refractivity contribution in [3.63, 3.8) is 0 Å². The molecular formula is C15H20N4O2S. The lowest BCUT2D eigenvalue weighted by Crippen LogP contribution is -2.37. The highest BCUT2D eigenvalue weighted by atomic mass is 32.1. The van der Waals surface area contributed by atoms with Gasteiger partial charge >= 0.3 is 6.03 Å². The Morgan fingerprint density at radius 1 is 1.50 bits per heavy atom. The molecule has 2 atom stereocenters. The van der Waals surface area contributed by atoms with Gasteiger partial charge in [0, 0.05) is 29.9 Å². The van der Waals surface area contributed by atoms with Gasteiger partial charge in [-0.2, -0.15) is 0 Å². The van der Waals surface area contributed by atoms with Crippen molar-refractivity contribution in [1.29, 1.82) is 0 Å². The monoisotopic (exact) mass is 320 g/mol. The van der Waals surface area contributed by atoms with Gasteiger partial charge in [-0.3, -0.25) is 10.3 Å². The van der Waals surface area contributed by atoms with E-state index in [0.717, 1.165) is 17.7 Å². The molecule has 2 aromatic heterocycles. The first-order valence-electron chi connectivity index (χ1n) is 7.19. The summed E-state index contributed by atoms with van der Waals surface area (Å²) in [6.07, 6.45) is 3.75. The predicted molar refractivity (Wildman–Crippen MR) is 87.8 cm³/mol. The summed E-state index contributed by atoms with van der Waals surface area (Å²) in [6.45, 7) is 4.18. The maximum absolute atomic E-state index is 11.8. The molecule has 7 heteroatoms. The maximum Gasteiger partial charge on any atom is 0.321 e. The zero-order valence-electron chi connectivity index (χ0n) is 12.6. The van der Waals surface area contributed by atoms with E-state index in [0.29, 0.717) is 5.13 Å².